The highest BCUT2D eigenvalue weighted by atomic mass is 16.7. The highest BCUT2D eigenvalue weighted by molar-refractivity contribution is 6.05. The average molecular weight is 320 g/mol. The molecule has 0 bridgehead atoms. The summed E-state index contributed by atoms with van der Waals surface area (Å²) in [5.74, 6) is 0.211. The SMILES string of the molecule is COc1ccc(N2C(=O)[C@@H](N)[C@H]2CC[C@@H]2COC(C)(C)O2)cc1. The summed E-state index contributed by atoms with van der Waals surface area (Å²) in [5, 5.41) is 0. The van der Waals surface area contributed by atoms with Gasteiger partial charge in [-0.1, -0.05) is 0 Å². The Balaban J connectivity index is 1.62. The molecule has 0 aliphatic carbocycles. The number of ether oxygens (including phenoxy) is 3. The summed E-state index contributed by atoms with van der Waals surface area (Å²) in [6.45, 7) is 4.41. The Labute approximate surface area is 136 Å². The minimum Gasteiger partial charge on any atom is -0.497 e. The number of methoxy groups -OCH3 is 1. The van der Waals surface area contributed by atoms with Crippen molar-refractivity contribution >= 4 is 11.6 Å². The fraction of sp³-hybridized carbons (Fsp3) is 0.588. The molecule has 1 amide bonds. The Bertz CT molecular complexity index is 572. The van der Waals surface area contributed by atoms with Gasteiger partial charge in [-0.25, -0.2) is 0 Å². The van der Waals surface area contributed by atoms with Gasteiger partial charge in [0.05, 0.1) is 25.9 Å². The monoisotopic (exact) mass is 320 g/mol. The van der Waals surface area contributed by atoms with Crippen LogP contribution in [0.4, 0.5) is 5.69 Å². The van der Waals surface area contributed by atoms with Crippen LogP contribution in [0.25, 0.3) is 0 Å². The first kappa shape index (κ1) is 16.2. The number of rotatable bonds is 5. The lowest BCUT2D eigenvalue weighted by Gasteiger charge is -2.45. The first-order chi connectivity index (χ1) is 10.9. The molecule has 0 spiro atoms. The van der Waals surface area contributed by atoms with Gasteiger partial charge in [0.2, 0.25) is 5.91 Å². The summed E-state index contributed by atoms with van der Waals surface area (Å²) >= 11 is 0. The van der Waals surface area contributed by atoms with E-state index in [0.717, 1.165) is 24.3 Å². The van der Waals surface area contributed by atoms with Gasteiger partial charge < -0.3 is 24.8 Å². The first-order valence-corrected chi connectivity index (χ1v) is 7.96. The third-order valence-corrected chi connectivity index (χ3v) is 4.47. The van der Waals surface area contributed by atoms with Crippen LogP contribution in [0.15, 0.2) is 24.3 Å². The Hall–Kier alpha value is -1.63. The van der Waals surface area contributed by atoms with E-state index in [1.807, 2.05) is 38.1 Å². The summed E-state index contributed by atoms with van der Waals surface area (Å²) in [6, 6.07) is 7.03. The van der Waals surface area contributed by atoms with Crippen molar-refractivity contribution < 1.29 is 19.0 Å². The van der Waals surface area contributed by atoms with Crippen molar-refractivity contribution in [3.63, 3.8) is 0 Å². The summed E-state index contributed by atoms with van der Waals surface area (Å²) in [7, 11) is 1.62. The largest absolute Gasteiger partial charge is 0.497 e. The van der Waals surface area contributed by atoms with Crippen LogP contribution in [0.3, 0.4) is 0 Å². The Morgan fingerprint density at radius 2 is 2.00 bits per heavy atom. The molecule has 0 radical (unpaired) electrons. The molecule has 1 aromatic carbocycles. The van der Waals surface area contributed by atoms with Crippen LogP contribution in [0.2, 0.25) is 0 Å². The van der Waals surface area contributed by atoms with Crippen molar-refractivity contribution in [2.45, 2.75) is 50.7 Å². The van der Waals surface area contributed by atoms with Gasteiger partial charge in [-0.3, -0.25) is 4.79 Å². The molecule has 0 unspecified atom stereocenters. The molecule has 3 rings (SSSR count). The lowest BCUT2D eigenvalue weighted by molar-refractivity contribution is -0.139. The average Bonchev–Trinajstić information content (AvgIpc) is 2.89. The minimum atomic E-state index is -0.516. The van der Waals surface area contributed by atoms with Gasteiger partial charge in [0.15, 0.2) is 5.79 Å². The second-order valence-electron chi connectivity index (χ2n) is 6.53. The second kappa shape index (κ2) is 6.11. The van der Waals surface area contributed by atoms with Gasteiger partial charge >= 0.3 is 0 Å². The molecule has 2 aliphatic heterocycles. The zero-order chi connectivity index (χ0) is 16.6. The van der Waals surface area contributed by atoms with E-state index in [1.54, 1.807) is 12.0 Å². The number of hydrogen-bond acceptors (Lipinski definition) is 5. The standard InChI is InChI=1S/C17H24N2O4/c1-17(2)22-10-13(23-17)8-9-14-15(18)16(20)19(14)11-4-6-12(21-3)7-5-11/h4-7,13-15H,8-10,18H2,1-3H3/t13-,14-,15+/m1/s1. The number of amides is 1. The maximum atomic E-state index is 12.1. The van der Waals surface area contributed by atoms with E-state index >= 15 is 0 Å². The minimum absolute atomic E-state index is 0.00297. The first-order valence-electron chi connectivity index (χ1n) is 7.96. The van der Waals surface area contributed by atoms with E-state index in [1.165, 1.54) is 0 Å². The van der Waals surface area contributed by atoms with Crippen LogP contribution in [-0.4, -0.2) is 43.6 Å². The summed E-state index contributed by atoms with van der Waals surface area (Å²) < 4.78 is 16.5. The van der Waals surface area contributed by atoms with E-state index in [2.05, 4.69) is 0 Å². The van der Waals surface area contributed by atoms with Crippen LogP contribution in [-0.2, 0) is 14.3 Å². The van der Waals surface area contributed by atoms with Gasteiger partial charge in [-0.05, 0) is 51.0 Å². The third-order valence-electron chi connectivity index (χ3n) is 4.47. The number of nitrogens with two attached hydrogens (primary N) is 1. The molecule has 0 saturated carbocycles. The number of nitrogens with zero attached hydrogens (tertiary/aromatic N) is 1. The van der Waals surface area contributed by atoms with Crippen molar-refractivity contribution in [1.29, 1.82) is 0 Å². The Morgan fingerprint density at radius 1 is 1.30 bits per heavy atom. The number of carbonyl (C=O) groups is 1. The lowest BCUT2D eigenvalue weighted by Crippen LogP contribution is -2.69. The molecule has 6 nitrogen and oxygen atoms in total. The fourth-order valence-corrected chi connectivity index (χ4v) is 3.20. The third kappa shape index (κ3) is 3.20. The molecular weight excluding hydrogens is 296 g/mol. The zero-order valence-corrected chi connectivity index (χ0v) is 13.8. The van der Waals surface area contributed by atoms with Crippen molar-refractivity contribution in [1.82, 2.24) is 0 Å². The molecule has 2 N–H and O–H groups in total. The molecule has 1 aromatic rings. The van der Waals surface area contributed by atoms with Gasteiger partial charge in [-0.15, -0.1) is 0 Å². The van der Waals surface area contributed by atoms with Crippen molar-refractivity contribution in [3.8, 4) is 5.75 Å². The van der Waals surface area contributed by atoms with Crippen LogP contribution in [0.5, 0.6) is 5.75 Å². The highest BCUT2D eigenvalue weighted by Gasteiger charge is 2.46. The molecule has 2 heterocycles. The normalized spacial score (nSPS) is 29.5. The van der Waals surface area contributed by atoms with E-state index in [-0.39, 0.29) is 18.1 Å². The Kier molecular flexibility index (Phi) is 4.31. The van der Waals surface area contributed by atoms with Gasteiger partial charge in [0, 0.05) is 5.69 Å². The fourth-order valence-electron chi connectivity index (χ4n) is 3.20. The van der Waals surface area contributed by atoms with E-state index < -0.39 is 11.8 Å². The van der Waals surface area contributed by atoms with Gasteiger partial charge in [0.1, 0.15) is 11.8 Å². The molecular formula is C17H24N2O4. The molecule has 2 fully saturated rings. The second-order valence-corrected chi connectivity index (χ2v) is 6.53. The van der Waals surface area contributed by atoms with Crippen molar-refractivity contribution in [2.24, 2.45) is 5.73 Å². The number of β-lactam (4-membered cyclic amide) rings is 1. The number of anilines is 1. The topological polar surface area (TPSA) is 74.0 Å². The molecule has 2 saturated heterocycles. The quantitative estimate of drug-likeness (QED) is 0.835. The van der Waals surface area contributed by atoms with E-state index in [4.69, 9.17) is 19.9 Å². The molecule has 126 valence electrons. The van der Waals surface area contributed by atoms with Crippen molar-refractivity contribution in [2.75, 3.05) is 18.6 Å². The molecule has 2 aliphatic rings. The summed E-state index contributed by atoms with van der Waals surface area (Å²) in [5.41, 5.74) is 6.85. The smallest absolute Gasteiger partial charge is 0.246 e. The maximum Gasteiger partial charge on any atom is 0.246 e. The van der Waals surface area contributed by atoms with E-state index in [9.17, 15) is 4.79 Å². The molecule has 23 heavy (non-hydrogen) atoms. The predicted octanol–water partition coefficient (Wildman–Crippen LogP) is 1.67. The summed E-state index contributed by atoms with van der Waals surface area (Å²) in [4.78, 5) is 13.9. The number of benzene rings is 1. The molecule has 3 atom stereocenters. The highest BCUT2D eigenvalue weighted by Crippen LogP contribution is 2.33. The lowest BCUT2D eigenvalue weighted by atomic mass is 9.90. The van der Waals surface area contributed by atoms with E-state index in [0.29, 0.717) is 6.61 Å². The molecule has 6 heteroatoms. The number of hydrogen-bond donors (Lipinski definition) is 1. The Morgan fingerprint density at radius 3 is 2.57 bits per heavy atom. The number of carbonyl (C=O) groups excluding carboxylic acids is 1. The predicted molar refractivity (Wildman–Crippen MR) is 86.4 cm³/mol. The maximum absolute atomic E-state index is 12.1. The summed E-state index contributed by atoms with van der Waals surface area (Å²) in [6.07, 6.45) is 1.68. The van der Waals surface area contributed by atoms with Crippen LogP contribution < -0.4 is 15.4 Å². The van der Waals surface area contributed by atoms with Gasteiger partial charge in [0.25, 0.3) is 0 Å². The zero-order valence-electron chi connectivity index (χ0n) is 13.8. The molecule has 0 aromatic heterocycles. The van der Waals surface area contributed by atoms with Crippen molar-refractivity contribution in [3.05, 3.63) is 24.3 Å². The van der Waals surface area contributed by atoms with Crippen LogP contribution >= 0.6 is 0 Å². The van der Waals surface area contributed by atoms with Crippen LogP contribution in [0, 0.1) is 0 Å². The van der Waals surface area contributed by atoms with Crippen LogP contribution in [0.1, 0.15) is 26.7 Å². The van der Waals surface area contributed by atoms with Gasteiger partial charge in [-0.2, -0.15) is 0 Å².